The number of rotatable bonds is 9. The number of aromatic nitrogens is 3. The summed E-state index contributed by atoms with van der Waals surface area (Å²) in [6.07, 6.45) is 5.52. The average molecular weight is 844 g/mol. The monoisotopic (exact) mass is 843 g/mol. The first-order chi connectivity index (χ1) is 30.0. The molecule has 4 saturated heterocycles. The fourth-order valence-corrected chi connectivity index (χ4v) is 10.1. The van der Waals surface area contributed by atoms with Crippen molar-refractivity contribution in [1.82, 2.24) is 29.9 Å². The molecule has 0 spiro atoms. The fourth-order valence-electron chi connectivity index (χ4n) is 10.1. The molecule has 4 amide bonds. The molecule has 3 aromatic carbocycles. The molecular weight excluding hydrogens is 790 g/mol. The van der Waals surface area contributed by atoms with Crippen LogP contribution in [0.25, 0.3) is 22.2 Å². The van der Waals surface area contributed by atoms with Crippen molar-refractivity contribution in [2.75, 3.05) is 75.0 Å². The van der Waals surface area contributed by atoms with Gasteiger partial charge in [-0.25, -0.2) is 9.18 Å². The van der Waals surface area contributed by atoms with E-state index in [0.29, 0.717) is 74.7 Å². The van der Waals surface area contributed by atoms with Crippen molar-refractivity contribution in [3.05, 3.63) is 95.7 Å². The maximum atomic E-state index is 16.4. The van der Waals surface area contributed by atoms with E-state index in [0.717, 1.165) is 65.8 Å². The molecule has 4 aliphatic rings. The quantitative estimate of drug-likeness (QED) is 0.151. The van der Waals surface area contributed by atoms with Gasteiger partial charge in [0.15, 0.2) is 5.82 Å². The number of piperidine rings is 3. The van der Waals surface area contributed by atoms with E-state index in [1.807, 2.05) is 49.4 Å². The Morgan fingerprint density at radius 2 is 1.69 bits per heavy atom. The predicted octanol–water partition coefficient (Wildman–Crippen LogP) is 6.43. The third-order valence-electron chi connectivity index (χ3n) is 13.7. The molecule has 9 rings (SSSR count). The predicted molar refractivity (Wildman–Crippen MR) is 236 cm³/mol. The number of hydrogen-bond donors (Lipinski definition) is 3. The average Bonchev–Trinajstić information content (AvgIpc) is 3.72. The molecule has 5 aromatic rings. The van der Waals surface area contributed by atoms with E-state index in [4.69, 9.17) is 10.5 Å². The number of alkyl halides is 1. The first-order valence-corrected chi connectivity index (χ1v) is 21.7. The summed E-state index contributed by atoms with van der Waals surface area (Å²) in [7, 11) is 1.72. The minimum Gasteiger partial charge on any atom is -0.507 e. The van der Waals surface area contributed by atoms with Crippen molar-refractivity contribution in [3.63, 3.8) is 0 Å². The van der Waals surface area contributed by atoms with Crippen LogP contribution >= 0.6 is 0 Å². The SMILES string of the molecule is CO[C@@H]1CCN(c2cc(-c3ccccc3O)nnc2N)C[C@H]1c1ccc(C(=O)N2CCC(F)(CN3CCC(n4ccc5c(C)c(N6CCC(=O)NC6=O)ccc54)CC3)CC2)cc1. The van der Waals surface area contributed by atoms with Gasteiger partial charge < -0.3 is 34.8 Å². The van der Waals surface area contributed by atoms with Crippen LogP contribution in [0, 0.1) is 6.92 Å². The van der Waals surface area contributed by atoms with Gasteiger partial charge in [-0.05, 0) is 85.8 Å². The summed E-state index contributed by atoms with van der Waals surface area (Å²) in [5.74, 6) is 0.0885. The van der Waals surface area contributed by atoms with Crippen molar-refractivity contribution in [2.24, 2.45) is 0 Å². The Balaban J connectivity index is 0.784. The number of benzene rings is 3. The first-order valence-electron chi connectivity index (χ1n) is 21.7. The van der Waals surface area contributed by atoms with E-state index < -0.39 is 5.67 Å². The highest BCUT2D eigenvalue weighted by Gasteiger charge is 2.39. The molecular formula is C47H54FN9O5. The number of fused-ring (bicyclic) bond motifs is 1. The lowest BCUT2D eigenvalue weighted by Crippen LogP contribution is -2.51. The highest BCUT2D eigenvalue weighted by molar-refractivity contribution is 6.07. The number of nitrogens with one attached hydrogen (secondary N) is 1. The van der Waals surface area contributed by atoms with E-state index in [-0.39, 0.29) is 48.1 Å². The standard InChI is InChI=1S/C47H54FN9O5/c1-30-34-15-23-56(39(34)12-11-38(30)57-24-17-43(59)50-46(57)61)33-13-20-53(21-14-33)29-47(48)18-25-54(26-19-47)45(60)32-9-7-31(8-10-32)36-28-55(22-16-42(36)62-2)40-27-37(51-52-44(40)49)35-5-3-4-6-41(35)58/h3-12,15,23,27,33,36,42,58H,13-14,16-22,24-26,28-29H2,1-2H3,(H2,49,52)(H,50,59,61)/t36-,42+/m0/s1. The molecule has 6 heterocycles. The molecule has 0 bridgehead atoms. The normalized spacial score (nSPS) is 21.4. The second kappa shape index (κ2) is 17.0. The van der Waals surface area contributed by atoms with Crippen LogP contribution < -0.4 is 20.9 Å². The number of carbonyl (C=O) groups is 3. The Bertz CT molecular complexity index is 2480. The Hall–Kier alpha value is -6.06. The van der Waals surface area contributed by atoms with Gasteiger partial charge in [0.1, 0.15) is 11.4 Å². The minimum atomic E-state index is -1.36. The highest BCUT2D eigenvalue weighted by atomic mass is 19.1. The Kier molecular flexibility index (Phi) is 11.3. The van der Waals surface area contributed by atoms with E-state index in [2.05, 4.69) is 48.2 Å². The number of urea groups is 1. The van der Waals surface area contributed by atoms with Crippen LogP contribution in [0.3, 0.4) is 0 Å². The van der Waals surface area contributed by atoms with Gasteiger partial charge in [-0.1, -0.05) is 24.3 Å². The molecule has 15 heteroatoms. The lowest BCUT2D eigenvalue weighted by atomic mass is 9.87. The van der Waals surface area contributed by atoms with Crippen LogP contribution in [0.4, 0.5) is 26.4 Å². The molecule has 62 heavy (non-hydrogen) atoms. The van der Waals surface area contributed by atoms with Gasteiger partial charge in [-0.15, -0.1) is 10.2 Å². The topological polar surface area (TPSA) is 162 Å². The van der Waals surface area contributed by atoms with Crippen LogP contribution in [0.15, 0.2) is 79.0 Å². The van der Waals surface area contributed by atoms with E-state index in [1.54, 1.807) is 35.1 Å². The van der Waals surface area contributed by atoms with Gasteiger partial charge in [-0.2, -0.15) is 0 Å². The van der Waals surface area contributed by atoms with Crippen LogP contribution in [0.5, 0.6) is 5.75 Å². The lowest BCUT2D eigenvalue weighted by Gasteiger charge is -2.41. The second-order valence-electron chi connectivity index (χ2n) is 17.3. The van der Waals surface area contributed by atoms with Gasteiger partial charge in [0, 0.05) is 125 Å². The largest absolute Gasteiger partial charge is 0.507 e. The minimum absolute atomic E-state index is 0.00322. The van der Waals surface area contributed by atoms with Gasteiger partial charge in [-0.3, -0.25) is 19.8 Å². The molecule has 324 valence electrons. The molecule has 4 aliphatic heterocycles. The van der Waals surface area contributed by atoms with Crippen LogP contribution in [0.2, 0.25) is 0 Å². The van der Waals surface area contributed by atoms with Crippen molar-refractivity contribution in [3.8, 4) is 17.0 Å². The van der Waals surface area contributed by atoms with Gasteiger partial charge >= 0.3 is 6.03 Å². The Morgan fingerprint density at radius 3 is 2.42 bits per heavy atom. The number of phenols is 1. The maximum absolute atomic E-state index is 16.4. The zero-order valence-corrected chi connectivity index (χ0v) is 35.3. The summed E-state index contributed by atoms with van der Waals surface area (Å²) in [4.78, 5) is 45.8. The number of likely N-dealkylation sites (tertiary alicyclic amines) is 2. The number of imide groups is 1. The summed E-state index contributed by atoms with van der Waals surface area (Å²) in [6.45, 7) is 6.37. The van der Waals surface area contributed by atoms with E-state index in [9.17, 15) is 19.5 Å². The second-order valence-corrected chi connectivity index (χ2v) is 17.3. The van der Waals surface area contributed by atoms with Crippen LogP contribution in [0.1, 0.15) is 72.0 Å². The summed E-state index contributed by atoms with van der Waals surface area (Å²) in [5.41, 5.74) is 11.4. The first kappa shape index (κ1) is 41.3. The number of nitrogen functional groups attached to an aromatic ring is 1. The number of aryl methyl sites for hydroxylation is 1. The van der Waals surface area contributed by atoms with Gasteiger partial charge in [0.25, 0.3) is 5.91 Å². The van der Waals surface area contributed by atoms with Crippen molar-refractivity contribution in [2.45, 2.75) is 69.2 Å². The number of methoxy groups -OCH3 is 1. The van der Waals surface area contributed by atoms with Crippen molar-refractivity contribution >= 4 is 45.9 Å². The number of para-hydroxylation sites is 1. The zero-order valence-electron chi connectivity index (χ0n) is 35.3. The highest BCUT2D eigenvalue weighted by Crippen LogP contribution is 2.38. The summed E-state index contributed by atoms with van der Waals surface area (Å²) in [6, 6.07) is 22.6. The third-order valence-corrected chi connectivity index (χ3v) is 13.7. The number of nitrogens with zero attached hydrogens (tertiary/aromatic N) is 7. The van der Waals surface area contributed by atoms with Crippen molar-refractivity contribution < 1.29 is 28.6 Å². The van der Waals surface area contributed by atoms with Crippen molar-refractivity contribution in [1.29, 1.82) is 0 Å². The lowest BCUT2D eigenvalue weighted by molar-refractivity contribution is -0.120. The Labute approximate surface area is 360 Å². The van der Waals surface area contributed by atoms with Crippen LogP contribution in [-0.4, -0.2) is 119 Å². The third kappa shape index (κ3) is 8.06. The molecule has 0 aliphatic carbocycles. The molecule has 14 nitrogen and oxygen atoms in total. The molecule has 2 aromatic heterocycles. The number of carbonyl (C=O) groups excluding carboxylic acids is 3. The Morgan fingerprint density at radius 1 is 0.935 bits per heavy atom. The maximum Gasteiger partial charge on any atom is 0.328 e. The number of anilines is 3. The number of amides is 4. The summed E-state index contributed by atoms with van der Waals surface area (Å²) in [5, 5.41) is 22.4. The molecule has 0 radical (unpaired) electrons. The number of halogens is 1. The zero-order chi connectivity index (χ0) is 43.1. The number of phenolic OH excluding ortho intramolecular Hbond substituents is 1. The number of ether oxygens (including phenoxy) is 1. The molecule has 0 unspecified atom stereocenters. The number of hydrogen-bond acceptors (Lipinski definition) is 10. The smallest absolute Gasteiger partial charge is 0.328 e. The molecule has 2 atom stereocenters. The summed E-state index contributed by atoms with van der Waals surface area (Å²) >= 11 is 0. The van der Waals surface area contributed by atoms with Gasteiger partial charge in [0.05, 0.1) is 17.5 Å². The summed E-state index contributed by atoms with van der Waals surface area (Å²) < 4.78 is 24.7. The van der Waals surface area contributed by atoms with E-state index in [1.165, 1.54) is 0 Å². The van der Waals surface area contributed by atoms with Crippen LogP contribution in [-0.2, 0) is 9.53 Å². The fraction of sp³-hybridized carbons (Fsp3) is 0.426. The van der Waals surface area contributed by atoms with Gasteiger partial charge in [0.2, 0.25) is 5.91 Å². The molecule has 0 saturated carbocycles. The van der Waals surface area contributed by atoms with E-state index >= 15 is 4.39 Å². The molecule has 4 fully saturated rings. The number of nitrogens with two attached hydrogens (primary N) is 1. The molecule has 4 N–H and O–H groups in total. The number of aromatic hydroxyl groups is 1.